The third-order valence-corrected chi connectivity index (χ3v) is 3.21. The molecule has 0 unspecified atom stereocenters. The highest BCUT2D eigenvalue weighted by molar-refractivity contribution is 5.71. The number of hydrogen-bond donors (Lipinski definition) is 1. The van der Waals surface area contributed by atoms with Crippen molar-refractivity contribution in [2.75, 3.05) is 12.3 Å². The Labute approximate surface area is 120 Å². The van der Waals surface area contributed by atoms with Gasteiger partial charge in [-0.3, -0.25) is 0 Å². The Balaban J connectivity index is 2.20. The van der Waals surface area contributed by atoms with Gasteiger partial charge in [-0.15, -0.1) is 0 Å². The summed E-state index contributed by atoms with van der Waals surface area (Å²) < 4.78 is 7.67. The van der Waals surface area contributed by atoms with Crippen molar-refractivity contribution in [3.63, 3.8) is 0 Å². The zero-order chi connectivity index (χ0) is 14.4. The normalized spacial score (nSPS) is 10.7. The van der Waals surface area contributed by atoms with Crippen molar-refractivity contribution in [2.45, 2.75) is 39.7 Å². The summed E-state index contributed by atoms with van der Waals surface area (Å²) in [7, 11) is 0. The highest BCUT2D eigenvalue weighted by atomic mass is 16.5. The van der Waals surface area contributed by atoms with Crippen LogP contribution in [0.25, 0.3) is 11.3 Å². The first-order valence-electron chi connectivity index (χ1n) is 7.30. The predicted octanol–water partition coefficient (Wildman–Crippen LogP) is 3.72. The Morgan fingerprint density at radius 2 is 2.10 bits per heavy atom. The van der Waals surface area contributed by atoms with Crippen LogP contribution in [0.5, 0.6) is 5.75 Å². The summed E-state index contributed by atoms with van der Waals surface area (Å²) in [5, 5.41) is 0. The number of rotatable bonds is 7. The number of unbranched alkanes of at least 4 members (excludes halogenated alkanes) is 1. The zero-order valence-corrected chi connectivity index (χ0v) is 12.3. The zero-order valence-electron chi connectivity index (χ0n) is 12.3. The molecular weight excluding hydrogens is 250 g/mol. The largest absolute Gasteiger partial charge is 0.494 e. The summed E-state index contributed by atoms with van der Waals surface area (Å²) >= 11 is 0. The molecule has 0 saturated heterocycles. The van der Waals surface area contributed by atoms with Gasteiger partial charge in [0.15, 0.2) is 0 Å². The van der Waals surface area contributed by atoms with Gasteiger partial charge in [0.1, 0.15) is 17.3 Å². The molecule has 0 atom stereocenters. The van der Waals surface area contributed by atoms with Crippen LogP contribution in [0.2, 0.25) is 0 Å². The number of ether oxygens (including phenoxy) is 1. The van der Waals surface area contributed by atoms with Crippen molar-refractivity contribution in [3.8, 4) is 17.0 Å². The first-order valence-corrected chi connectivity index (χ1v) is 7.30. The van der Waals surface area contributed by atoms with Crippen LogP contribution < -0.4 is 10.5 Å². The van der Waals surface area contributed by atoms with E-state index in [0.717, 1.165) is 55.2 Å². The molecule has 0 bridgehead atoms. The first-order chi connectivity index (χ1) is 9.76. The van der Waals surface area contributed by atoms with Gasteiger partial charge in [-0.2, -0.15) is 0 Å². The molecule has 0 saturated carbocycles. The van der Waals surface area contributed by atoms with Crippen LogP contribution in [0.4, 0.5) is 5.82 Å². The third-order valence-electron chi connectivity index (χ3n) is 3.21. The van der Waals surface area contributed by atoms with Gasteiger partial charge in [-0.05, 0) is 25.0 Å². The molecule has 2 aromatic rings. The van der Waals surface area contributed by atoms with Crippen molar-refractivity contribution >= 4 is 5.82 Å². The van der Waals surface area contributed by atoms with Crippen LogP contribution in [0.3, 0.4) is 0 Å². The van der Waals surface area contributed by atoms with Crippen LogP contribution in [0.1, 0.15) is 33.1 Å². The maximum Gasteiger partial charge on any atom is 0.131 e. The van der Waals surface area contributed by atoms with Crippen LogP contribution in [-0.2, 0) is 6.54 Å². The van der Waals surface area contributed by atoms with E-state index in [0.29, 0.717) is 0 Å². The summed E-state index contributed by atoms with van der Waals surface area (Å²) in [6, 6.07) is 7.95. The van der Waals surface area contributed by atoms with E-state index >= 15 is 0 Å². The van der Waals surface area contributed by atoms with Crippen LogP contribution >= 0.6 is 0 Å². The van der Waals surface area contributed by atoms with Crippen molar-refractivity contribution < 1.29 is 4.74 Å². The van der Waals surface area contributed by atoms with E-state index in [2.05, 4.69) is 18.8 Å². The van der Waals surface area contributed by atoms with E-state index in [1.165, 1.54) is 0 Å². The van der Waals surface area contributed by atoms with Crippen molar-refractivity contribution in [3.05, 3.63) is 30.6 Å². The van der Waals surface area contributed by atoms with Crippen molar-refractivity contribution in [2.24, 2.45) is 0 Å². The topological polar surface area (TPSA) is 53.1 Å². The maximum atomic E-state index is 6.19. The average Bonchev–Trinajstić information content (AvgIpc) is 2.84. The molecule has 20 heavy (non-hydrogen) atoms. The van der Waals surface area contributed by atoms with Gasteiger partial charge in [0.2, 0.25) is 0 Å². The third kappa shape index (κ3) is 3.32. The van der Waals surface area contributed by atoms with Crippen LogP contribution in [0, 0.1) is 0 Å². The van der Waals surface area contributed by atoms with E-state index in [1.54, 1.807) is 0 Å². The van der Waals surface area contributed by atoms with Gasteiger partial charge in [0.25, 0.3) is 0 Å². The highest BCUT2D eigenvalue weighted by Crippen LogP contribution is 2.27. The molecule has 0 amide bonds. The Hall–Kier alpha value is -1.97. The minimum Gasteiger partial charge on any atom is -0.494 e. The van der Waals surface area contributed by atoms with E-state index < -0.39 is 0 Å². The SMILES string of the molecule is CCCCn1cnc(-c2cccc(OCCC)c2)c1N. The molecule has 4 heteroatoms. The monoisotopic (exact) mass is 273 g/mol. The fraction of sp³-hybridized carbons (Fsp3) is 0.438. The first kappa shape index (κ1) is 14.4. The lowest BCUT2D eigenvalue weighted by Crippen LogP contribution is -2.02. The summed E-state index contributed by atoms with van der Waals surface area (Å²) in [6.07, 6.45) is 5.07. The summed E-state index contributed by atoms with van der Waals surface area (Å²) in [5.74, 6) is 1.60. The van der Waals surface area contributed by atoms with Gasteiger partial charge in [-0.25, -0.2) is 4.98 Å². The Kier molecular flexibility index (Phi) is 5.04. The summed E-state index contributed by atoms with van der Waals surface area (Å²) in [6.45, 7) is 5.91. The number of imidazole rings is 1. The number of benzene rings is 1. The molecule has 108 valence electrons. The second-order valence-electron chi connectivity index (χ2n) is 4.90. The summed E-state index contributed by atoms with van der Waals surface area (Å²) in [5.41, 5.74) is 8.03. The van der Waals surface area contributed by atoms with Crippen LogP contribution in [-0.4, -0.2) is 16.2 Å². The van der Waals surface area contributed by atoms with Crippen LogP contribution in [0.15, 0.2) is 30.6 Å². The molecule has 0 fully saturated rings. The Bertz CT molecular complexity index is 548. The molecule has 0 aliphatic heterocycles. The average molecular weight is 273 g/mol. The van der Waals surface area contributed by atoms with Crippen molar-refractivity contribution in [1.29, 1.82) is 0 Å². The number of hydrogen-bond acceptors (Lipinski definition) is 3. The molecule has 2 N–H and O–H groups in total. The minimum atomic E-state index is 0.726. The van der Waals surface area contributed by atoms with Gasteiger partial charge in [0.05, 0.1) is 12.9 Å². The highest BCUT2D eigenvalue weighted by Gasteiger charge is 2.10. The smallest absolute Gasteiger partial charge is 0.131 e. The van der Waals surface area contributed by atoms with E-state index in [4.69, 9.17) is 10.5 Å². The molecule has 2 rings (SSSR count). The molecule has 0 aliphatic rings. The maximum absolute atomic E-state index is 6.19. The molecular formula is C16H23N3O. The Morgan fingerprint density at radius 3 is 2.85 bits per heavy atom. The molecule has 1 aromatic carbocycles. The predicted molar refractivity (Wildman–Crippen MR) is 82.8 cm³/mol. The van der Waals surface area contributed by atoms with Gasteiger partial charge < -0.3 is 15.0 Å². The second kappa shape index (κ2) is 6.98. The number of nitrogens with zero attached hydrogens (tertiary/aromatic N) is 2. The lowest BCUT2D eigenvalue weighted by Gasteiger charge is -2.07. The van der Waals surface area contributed by atoms with Gasteiger partial charge in [-0.1, -0.05) is 32.4 Å². The minimum absolute atomic E-state index is 0.726. The molecule has 1 aromatic heterocycles. The lowest BCUT2D eigenvalue weighted by atomic mass is 10.1. The second-order valence-corrected chi connectivity index (χ2v) is 4.90. The number of nitrogen functional groups attached to an aromatic ring is 1. The summed E-state index contributed by atoms with van der Waals surface area (Å²) in [4.78, 5) is 4.44. The van der Waals surface area contributed by atoms with E-state index in [9.17, 15) is 0 Å². The fourth-order valence-electron chi connectivity index (χ4n) is 2.07. The number of aryl methyl sites for hydroxylation is 1. The van der Waals surface area contributed by atoms with Gasteiger partial charge in [0, 0.05) is 12.1 Å². The molecule has 0 spiro atoms. The quantitative estimate of drug-likeness (QED) is 0.836. The molecule has 1 heterocycles. The Morgan fingerprint density at radius 1 is 1.25 bits per heavy atom. The fourth-order valence-corrected chi connectivity index (χ4v) is 2.07. The number of nitrogens with two attached hydrogens (primary N) is 1. The molecule has 4 nitrogen and oxygen atoms in total. The van der Waals surface area contributed by atoms with Crippen molar-refractivity contribution in [1.82, 2.24) is 9.55 Å². The lowest BCUT2D eigenvalue weighted by molar-refractivity contribution is 0.317. The number of aromatic nitrogens is 2. The standard InChI is InChI=1S/C16H23N3O/c1-3-5-9-19-12-18-15(16(19)17)13-7-6-8-14(11-13)20-10-4-2/h6-8,11-12H,3-5,9-10,17H2,1-2H3. The van der Waals surface area contributed by atoms with E-state index in [1.807, 2.05) is 35.2 Å². The molecule has 0 aliphatic carbocycles. The van der Waals surface area contributed by atoms with Gasteiger partial charge >= 0.3 is 0 Å². The molecule has 0 radical (unpaired) electrons. The number of anilines is 1. The van der Waals surface area contributed by atoms with E-state index in [-0.39, 0.29) is 0 Å².